The molecule has 1 saturated heterocycles. The van der Waals surface area contributed by atoms with Crippen LogP contribution in [0.5, 0.6) is 0 Å². The molecule has 0 aliphatic carbocycles. The van der Waals surface area contributed by atoms with Gasteiger partial charge in [-0.25, -0.2) is 0 Å². The van der Waals surface area contributed by atoms with E-state index in [4.69, 9.17) is 16.7 Å². The molecule has 1 aromatic carbocycles. The molecule has 0 radical (unpaired) electrons. The Morgan fingerprint density at radius 2 is 2.15 bits per heavy atom. The maximum Gasteiger partial charge on any atom is 0.417 e. The second-order valence-electron chi connectivity index (χ2n) is 4.78. The number of rotatable bonds is 3. The largest absolute Gasteiger partial charge is 0.480 e. The topological polar surface area (TPSA) is 40.5 Å². The molecule has 7 heteroatoms. The number of carboxylic acid groups (broad SMARTS) is 1. The van der Waals surface area contributed by atoms with Gasteiger partial charge in [0.25, 0.3) is 0 Å². The van der Waals surface area contributed by atoms with Crippen molar-refractivity contribution in [2.75, 3.05) is 6.54 Å². The molecule has 0 aromatic heterocycles. The normalized spacial score (nSPS) is 20.3. The highest BCUT2D eigenvalue weighted by molar-refractivity contribution is 6.31. The van der Waals surface area contributed by atoms with Crippen molar-refractivity contribution in [3.05, 3.63) is 34.3 Å². The summed E-state index contributed by atoms with van der Waals surface area (Å²) < 4.78 is 38.3. The Bertz CT molecular complexity index is 519. The summed E-state index contributed by atoms with van der Waals surface area (Å²) in [6, 6.07) is 3.06. The van der Waals surface area contributed by atoms with Crippen LogP contribution in [0.3, 0.4) is 0 Å². The second-order valence-corrected chi connectivity index (χ2v) is 5.19. The van der Waals surface area contributed by atoms with Crippen molar-refractivity contribution in [2.24, 2.45) is 0 Å². The zero-order chi connectivity index (χ0) is 14.9. The molecule has 0 spiro atoms. The summed E-state index contributed by atoms with van der Waals surface area (Å²) in [5.41, 5.74) is -0.474. The number of hydrogen-bond acceptors (Lipinski definition) is 2. The van der Waals surface area contributed by atoms with Gasteiger partial charge in [-0.1, -0.05) is 17.7 Å². The van der Waals surface area contributed by atoms with Crippen molar-refractivity contribution in [1.82, 2.24) is 4.90 Å². The maximum atomic E-state index is 12.8. The molecule has 1 aliphatic heterocycles. The van der Waals surface area contributed by atoms with Crippen molar-refractivity contribution in [3.8, 4) is 0 Å². The van der Waals surface area contributed by atoms with Crippen LogP contribution in [0.4, 0.5) is 13.2 Å². The van der Waals surface area contributed by atoms with E-state index < -0.39 is 23.8 Å². The number of halogens is 4. The van der Waals surface area contributed by atoms with Crippen LogP contribution in [0, 0.1) is 0 Å². The number of carbonyl (C=O) groups is 1. The average Bonchev–Trinajstić information content (AvgIpc) is 2.78. The van der Waals surface area contributed by atoms with E-state index in [0.717, 1.165) is 12.5 Å². The van der Waals surface area contributed by atoms with Crippen LogP contribution in [0.1, 0.15) is 24.0 Å². The quantitative estimate of drug-likeness (QED) is 0.930. The van der Waals surface area contributed by atoms with Crippen LogP contribution in [0.15, 0.2) is 18.2 Å². The molecule has 0 amide bonds. The first-order valence-electron chi connectivity index (χ1n) is 6.11. The highest BCUT2D eigenvalue weighted by atomic mass is 35.5. The number of aliphatic carboxylic acids is 1. The molecule has 1 heterocycles. The van der Waals surface area contributed by atoms with E-state index >= 15 is 0 Å². The van der Waals surface area contributed by atoms with Gasteiger partial charge >= 0.3 is 12.1 Å². The summed E-state index contributed by atoms with van der Waals surface area (Å²) >= 11 is 5.55. The van der Waals surface area contributed by atoms with E-state index in [1.165, 1.54) is 12.1 Å². The minimum Gasteiger partial charge on any atom is -0.480 e. The molecule has 0 unspecified atom stereocenters. The molecule has 20 heavy (non-hydrogen) atoms. The summed E-state index contributed by atoms with van der Waals surface area (Å²) in [4.78, 5) is 12.7. The Balaban J connectivity index is 2.20. The third kappa shape index (κ3) is 3.24. The zero-order valence-electron chi connectivity index (χ0n) is 10.5. The molecule has 1 N–H and O–H groups in total. The molecule has 2 rings (SSSR count). The van der Waals surface area contributed by atoms with Crippen molar-refractivity contribution < 1.29 is 23.1 Å². The van der Waals surface area contributed by atoms with Crippen LogP contribution in [-0.2, 0) is 17.5 Å². The first kappa shape index (κ1) is 15.1. The fraction of sp³-hybridized carbons (Fsp3) is 0.462. The fourth-order valence-electron chi connectivity index (χ4n) is 2.42. The van der Waals surface area contributed by atoms with Gasteiger partial charge in [0.2, 0.25) is 0 Å². The van der Waals surface area contributed by atoms with Gasteiger partial charge in [-0.15, -0.1) is 0 Å². The molecule has 1 atom stereocenters. The molecule has 0 saturated carbocycles. The van der Waals surface area contributed by atoms with Gasteiger partial charge in [-0.2, -0.15) is 13.2 Å². The standard InChI is InChI=1S/C13H13ClF3NO2/c14-10-4-3-8(6-9(10)13(15,16)17)7-18-5-1-2-11(18)12(19)20/h3-4,6,11H,1-2,5,7H2,(H,19,20)/t11-/m0/s1. The van der Waals surface area contributed by atoms with Crippen molar-refractivity contribution in [3.63, 3.8) is 0 Å². The number of likely N-dealkylation sites (tertiary alicyclic amines) is 1. The summed E-state index contributed by atoms with van der Waals surface area (Å²) in [5, 5.41) is 8.70. The number of hydrogen-bond donors (Lipinski definition) is 1. The molecular formula is C13H13ClF3NO2. The summed E-state index contributed by atoms with van der Waals surface area (Å²) in [6.07, 6.45) is -3.25. The van der Waals surface area contributed by atoms with Crippen LogP contribution < -0.4 is 0 Å². The van der Waals surface area contributed by atoms with Gasteiger partial charge in [0, 0.05) is 6.54 Å². The lowest BCUT2D eigenvalue weighted by molar-refractivity contribution is -0.142. The van der Waals surface area contributed by atoms with Crippen LogP contribution in [0.25, 0.3) is 0 Å². The molecule has 1 fully saturated rings. The van der Waals surface area contributed by atoms with E-state index in [0.29, 0.717) is 18.5 Å². The minimum atomic E-state index is -4.51. The van der Waals surface area contributed by atoms with Gasteiger partial charge in [-0.05, 0) is 37.1 Å². The Morgan fingerprint density at radius 3 is 2.75 bits per heavy atom. The summed E-state index contributed by atoms with van der Waals surface area (Å²) in [5.74, 6) is -0.937. The lowest BCUT2D eigenvalue weighted by Gasteiger charge is -2.21. The van der Waals surface area contributed by atoms with Gasteiger partial charge in [-0.3, -0.25) is 9.69 Å². The number of carboxylic acids is 1. The fourth-order valence-corrected chi connectivity index (χ4v) is 2.64. The predicted octanol–water partition coefficient (Wildman–Crippen LogP) is 3.41. The Kier molecular flexibility index (Phi) is 4.25. The smallest absolute Gasteiger partial charge is 0.417 e. The third-order valence-electron chi connectivity index (χ3n) is 3.37. The lowest BCUT2D eigenvalue weighted by Crippen LogP contribution is -2.35. The highest BCUT2D eigenvalue weighted by Gasteiger charge is 2.34. The van der Waals surface area contributed by atoms with Crippen LogP contribution in [0.2, 0.25) is 5.02 Å². The van der Waals surface area contributed by atoms with E-state index in [2.05, 4.69) is 0 Å². The molecule has 110 valence electrons. The molecule has 1 aromatic rings. The number of nitrogens with zero attached hydrogens (tertiary/aromatic N) is 1. The SMILES string of the molecule is O=C(O)[C@@H]1CCCN1Cc1ccc(Cl)c(C(F)(F)F)c1. The summed E-state index contributed by atoms with van der Waals surface area (Å²) in [7, 11) is 0. The maximum absolute atomic E-state index is 12.8. The number of alkyl halides is 3. The Morgan fingerprint density at radius 1 is 1.45 bits per heavy atom. The molecule has 0 bridgehead atoms. The van der Waals surface area contributed by atoms with Crippen molar-refractivity contribution in [2.45, 2.75) is 31.6 Å². The van der Waals surface area contributed by atoms with Gasteiger partial charge in [0.15, 0.2) is 0 Å². The Labute approximate surface area is 118 Å². The summed E-state index contributed by atoms with van der Waals surface area (Å²) in [6.45, 7) is 0.748. The van der Waals surface area contributed by atoms with Gasteiger partial charge in [0.1, 0.15) is 6.04 Å². The Hall–Kier alpha value is -1.27. The molecule has 1 aliphatic rings. The van der Waals surface area contributed by atoms with E-state index in [1.54, 1.807) is 4.90 Å². The lowest BCUT2D eigenvalue weighted by atomic mass is 10.1. The first-order chi connectivity index (χ1) is 9.29. The van der Waals surface area contributed by atoms with E-state index in [-0.39, 0.29) is 11.6 Å². The van der Waals surface area contributed by atoms with Crippen molar-refractivity contribution in [1.29, 1.82) is 0 Å². The number of benzene rings is 1. The second kappa shape index (κ2) is 5.61. The van der Waals surface area contributed by atoms with Crippen LogP contribution in [-0.4, -0.2) is 28.6 Å². The van der Waals surface area contributed by atoms with Crippen LogP contribution >= 0.6 is 11.6 Å². The van der Waals surface area contributed by atoms with E-state index in [9.17, 15) is 18.0 Å². The molecular weight excluding hydrogens is 295 g/mol. The average molecular weight is 308 g/mol. The van der Waals surface area contributed by atoms with E-state index in [1.807, 2.05) is 0 Å². The minimum absolute atomic E-state index is 0.178. The van der Waals surface area contributed by atoms with Crippen molar-refractivity contribution >= 4 is 17.6 Å². The monoisotopic (exact) mass is 307 g/mol. The predicted molar refractivity (Wildman–Crippen MR) is 67.5 cm³/mol. The molecule has 3 nitrogen and oxygen atoms in total. The van der Waals surface area contributed by atoms with Gasteiger partial charge in [0.05, 0.1) is 10.6 Å². The highest BCUT2D eigenvalue weighted by Crippen LogP contribution is 2.35. The first-order valence-corrected chi connectivity index (χ1v) is 6.49. The van der Waals surface area contributed by atoms with Gasteiger partial charge < -0.3 is 5.11 Å². The third-order valence-corrected chi connectivity index (χ3v) is 3.70. The zero-order valence-corrected chi connectivity index (χ0v) is 11.2.